The number of amides is 1. The highest BCUT2D eigenvalue weighted by Crippen LogP contribution is 2.46. The van der Waals surface area contributed by atoms with Crippen LogP contribution in [0.25, 0.3) is 0 Å². The highest BCUT2D eigenvalue weighted by Gasteiger charge is 2.42. The molecule has 102 valence electrons. The van der Waals surface area contributed by atoms with Gasteiger partial charge in [-0.1, -0.05) is 18.2 Å². The summed E-state index contributed by atoms with van der Waals surface area (Å²) in [7, 11) is 0. The van der Waals surface area contributed by atoms with E-state index in [1.807, 2.05) is 23.9 Å². The molecule has 1 unspecified atom stereocenters. The summed E-state index contributed by atoms with van der Waals surface area (Å²) in [5.41, 5.74) is 2.43. The van der Waals surface area contributed by atoms with Crippen molar-refractivity contribution in [2.75, 3.05) is 24.7 Å². The summed E-state index contributed by atoms with van der Waals surface area (Å²) in [5.74, 6) is 0.259. The minimum absolute atomic E-state index is 0.0626. The Bertz CT molecular complexity index is 485. The molecule has 1 heterocycles. The SMILES string of the molecule is CSC1(CNC(=O)C2CNc3ccccc3C2)CC1. The number of benzene rings is 1. The number of fused-ring (bicyclic) bond motifs is 1. The lowest BCUT2D eigenvalue weighted by molar-refractivity contribution is -0.124. The van der Waals surface area contributed by atoms with E-state index in [2.05, 4.69) is 29.0 Å². The third-order valence-corrected chi connectivity index (χ3v) is 5.64. The molecule has 1 fully saturated rings. The number of para-hydroxylation sites is 1. The monoisotopic (exact) mass is 276 g/mol. The van der Waals surface area contributed by atoms with E-state index >= 15 is 0 Å². The van der Waals surface area contributed by atoms with Gasteiger partial charge in [-0.3, -0.25) is 4.79 Å². The maximum Gasteiger partial charge on any atom is 0.225 e. The van der Waals surface area contributed by atoms with Gasteiger partial charge in [0.25, 0.3) is 0 Å². The lowest BCUT2D eigenvalue weighted by Gasteiger charge is -2.26. The van der Waals surface area contributed by atoms with Gasteiger partial charge >= 0.3 is 0 Å². The van der Waals surface area contributed by atoms with Crippen molar-refractivity contribution in [1.29, 1.82) is 0 Å². The fraction of sp³-hybridized carbons (Fsp3) is 0.533. The highest BCUT2D eigenvalue weighted by molar-refractivity contribution is 8.00. The van der Waals surface area contributed by atoms with Crippen LogP contribution >= 0.6 is 11.8 Å². The molecule has 2 aliphatic rings. The van der Waals surface area contributed by atoms with Gasteiger partial charge in [-0.05, 0) is 37.1 Å². The molecule has 0 saturated heterocycles. The molecule has 1 aliphatic heterocycles. The molecular formula is C15H20N2OS. The van der Waals surface area contributed by atoms with Gasteiger partial charge < -0.3 is 10.6 Å². The molecule has 1 amide bonds. The van der Waals surface area contributed by atoms with Crippen LogP contribution in [-0.4, -0.2) is 30.0 Å². The van der Waals surface area contributed by atoms with E-state index in [0.29, 0.717) is 4.75 Å². The predicted molar refractivity (Wildman–Crippen MR) is 80.6 cm³/mol. The molecule has 19 heavy (non-hydrogen) atoms. The number of carbonyl (C=O) groups is 1. The molecule has 1 aliphatic carbocycles. The zero-order chi connectivity index (χ0) is 13.3. The second-order valence-corrected chi connectivity index (χ2v) is 6.82. The minimum Gasteiger partial charge on any atom is -0.384 e. The van der Waals surface area contributed by atoms with Gasteiger partial charge in [-0.2, -0.15) is 11.8 Å². The molecule has 0 aromatic heterocycles. The number of hydrogen-bond donors (Lipinski definition) is 2. The van der Waals surface area contributed by atoms with Gasteiger partial charge in [0.2, 0.25) is 5.91 Å². The number of nitrogens with one attached hydrogen (secondary N) is 2. The summed E-state index contributed by atoms with van der Waals surface area (Å²) in [6.45, 7) is 1.57. The summed E-state index contributed by atoms with van der Waals surface area (Å²) in [5, 5.41) is 6.49. The zero-order valence-electron chi connectivity index (χ0n) is 11.2. The van der Waals surface area contributed by atoms with Crippen LogP contribution in [-0.2, 0) is 11.2 Å². The van der Waals surface area contributed by atoms with Crippen molar-refractivity contribution in [1.82, 2.24) is 5.32 Å². The molecule has 1 aromatic carbocycles. The first-order chi connectivity index (χ1) is 9.22. The van der Waals surface area contributed by atoms with E-state index in [1.165, 1.54) is 24.1 Å². The standard InChI is InChI=1S/C15H20N2OS/c1-19-15(6-7-15)10-17-14(18)12-8-11-4-2-3-5-13(11)16-9-12/h2-5,12,16H,6-10H2,1H3,(H,17,18). The molecule has 0 bridgehead atoms. The fourth-order valence-corrected chi connectivity index (χ4v) is 3.34. The lowest BCUT2D eigenvalue weighted by atomic mass is 9.93. The second-order valence-electron chi connectivity index (χ2n) is 5.54. The van der Waals surface area contributed by atoms with E-state index < -0.39 is 0 Å². The van der Waals surface area contributed by atoms with Gasteiger partial charge in [0, 0.05) is 23.5 Å². The Balaban J connectivity index is 1.57. The summed E-state index contributed by atoms with van der Waals surface area (Å²) >= 11 is 1.89. The maximum absolute atomic E-state index is 12.2. The summed E-state index contributed by atoms with van der Waals surface area (Å²) in [6, 6.07) is 8.25. The molecule has 0 radical (unpaired) electrons. The number of rotatable bonds is 4. The van der Waals surface area contributed by atoms with Crippen LogP contribution < -0.4 is 10.6 Å². The van der Waals surface area contributed by atoms with E-state index in [4.69, 9.17) is 0 Å². The van der Waals surface area contributed by atoms with Gasteiger partial charge in [0.15, 0.2) is 0 Å². The number of carbonyl (C=O) groups excluding carboxylic acids is 1. The van der Waals surface area contributed by atoms with E-state index in [0.717, 1.165) is 19.5 Å². The van der Waals surface area contributed by atoms with Gasteiger partial charge in [0.05, 0.1) is 5.92 Å². The van der Waals surface area contributed by atoms with Gasteiger partial charge in [-0.25, -0.2) is 0 Å². The van der Waals surface area contributed by atoms with E-state index in [1.54, 1.807) is 0 Å². The van der Waals surface area contributed by atoms with Crippen LogP contribution in [0, 0.1) is 5.92 Å². The molecule has 1 aromatic rings. The van der Waals surface area contributed by atoms with Crippen molar-refractivity contribution in [3.63, 3.8) is 0 Å². The maximum atomic E-state index is 12.2. The lowest BCUT2D eigenvalue weighted by Crippen LogP contribution is -2.41. The zero-order valence-corrected chi connectivity index (χ0v) is 12.1. The number of hydrogen-bond acceptors (Lipinski definition) is 3. The average molecular weight is 276 g/mol. The van der Waals surface area contributed by atoms with E-state index in [-0.39, 0.29) is 11.8 Å². The molecule has 3 nitrogen and oxygen atoms in total. The Kier molecular flexibility index (Phi) is 3.44. The van der Waals surface area contributed by atoms with Crippen molar-refractivity contribution in [2.24, 2.45) is 5.92 Å². The predicted octanol–water partition coefficient (Wildman–Crippen LogP) is 2.28. The molecule has 2 N–H and O–H groups in total. The third kappa shape index (κ3) is 2.73. The summed E-state index contributed by atoms with van der Waals surface area (Å²) < 4.78 is 0.343. The van der Waals surface area contributed by atoms with Crippen molar-refractivity contribution < 1.29 is 4.79 Å². The van der Waals surface area contributed by atoms with E-state index in [9.17, 15) is 4.79 Å². The number of thioether (sulfide) groups is 1. The Labute approximate surface area is 118 Å². The topological polar surface area (TPSA) is 41.1 Å². The second kappa shape index (κ2) is 5.08. The van der Waals surface area contributed by atoms with Crippen LogP contribution in [0.1, 0.15) is 18.4 Å². The smallest absolute Gasteiger partial charge is 0.225 e. The van der Waals surface area contributed by atoms with Crippen molar-refractivity contribution in [3.8, 4) is 0 Å². The molecule has 1 atom stereocenters. The van der Waals surface area contributed by atoms with Crippen LogP contribution in [0.5, 0.6) is 0 Å². The summed E-state index contributed by atoms with van der Waals surface area (Å²) in [4.78, 5) is 12.2. The van der Waals surface area contributed by atoms with Crippen LogP contribution in [0.2, 0.25) is 0 Å². The Morgan fingerprint density at radius 3 is 3.00 bits per heavy atom. The Morgan fingerprint density at radius 1 is 1.47 bits per heavy atom. The quantitative estimate of drug-likeness (QED) is 0.886. The minimum atomic E-state index is 0.0626. The third-order valence-electron chi connectivity index (χ3n) is 4.22. The first-order valence-electron chi connectivity index (χ1n) is 6.87. The van der Waals surface area contributed by atoms with Crippen molar-refractivity contribution in [2.45, 2.75) is 24.0 Å². The Morgan fingerprint density at radius 2 is 2.26 bits per heavy atom. The average Bonchev–Trinajstić information content (AvgIpc) is 3.25. The van der Waals surface area contributed by atoms with Gasteiger partial charge in [0.1, 0.15) is 0 Å². The molecule has 0 spiro atoms. The first kappa shape index (κ1) is 12.9. The van der Waals surface area contributed by atoms with Crippen molar-refractivity contribution >= 4 is 23.4 Å². The summed E-state index contributed by atoms with van der Waals surface area (Å²) in [6.07, 6.45) is 5.46. The fourth-order valence-electron chi connectivity index (χ4n) is 2.61. The molecule has 1 saturated carbocycles. The van der Waals surface area contributed by atoms with Crippen molar-refractivity contribution in [3.05, 3.63) is 29.8 Å². The Hall–Kier alpha value is -1.16. The van der Waals surface area contributed by atoms with Crippen LogP contribution in [0.3, 0.4) is 0 Å². The molecule has 3 rings (SSSR count). The largest absolute Gasteiger partial charge is 0.384 e. The molecular weight excluding hydrogens is 256 g/mol. The normalized spacial score (nSPS) is 23.1. The number of anilines is 1. The molecule has 4 heteroatoms. The van der Waals surface area contributed by atoms with Gasteiger partial charge in [-0.15, -0.1) is 0 Å². The van der Waals surface area contributed by atoms with Crippen LogP contribution in [0.4, 0.5) is 5.69 Å². The van der Waals surface area contributed by atoms with Crippen LogP contribution in [0.15, 0.2) is 24.3 Å². The first-order valence-corrected chi connectivity index (χ1v) is 8.10. The highest BCUT2D eigenvalue weighted by atomic mass is 32.2.